The van der Waals surface area contributed by atoms with Crippen LogP contribution >= 0.6 is 0 Å². The monoisotopic (exact) mass is 256 g/mol. The maximum absolute atomic E-state index is 5.65. The number of rotatable bonds is 2. The summed E-state index contributed by atoms with van der Waals surface area (Å²) < 4.78 is 0. The lowest BCUT2D eigenvalue weighted by Crippen LogP contribution is -2.35. The summed E-state index contributed by atoms with van der Waals surface area (Å²) >= 11 is 0. The molecule has 3 rings (SSSR count). The highest BCUT2D eigenvalue weighted by atomic mass is 15.2. The summed E-state index contributed by atoms with van der Waals surface area (Å²) in [5, 5.41) is 0. The molecule has 0 saturated carbocycles. The molecule has 1 aliphatic heterocycles. The largest absolute Gasteiger partial charge is 0.368 e. The summed E-state index contributed by atoms with van der Waals surface area (Å²) in [5.41, 5.74) is 6.67. The lowest BCUT2D eigenvalue weighted by Gasteiger charge is -2.33. The van der Waals surface area contributed by atoms with E-state index in [9.17, 15) is 0 Å². The topological polar surface area (TPSA) is 80.8 Å². The van der Waals surface area contributed by atoms with Crippen LogP contribution in [0.2, 0.25) is 0 Å². The Hall–Kier alpha value is -2.24. The van der Waals surface area contributed by atoms with Gasteiger partial charge in [0.25, 0.3) is 0 Å². The standard InChI is InChI=1S/C13H16N6/c14-13-17-4-3-11(18-13)10-2-1-7-19(9-10)12-8-15-5-6-16-12/h3-6,8,10H,1-2,7,9H2,(H2,14,17,18)/t10-/m0/s1. The zero-order valence-corrected chi connectivity index (χ0v) is 10.6. The normalized spacial score (nSPS) is 19.4. The highest BCUT2D eigenvalue weighted by Gasteiger charge is 2.23. The Bertz CT molecular complexity index is 544. The van der Waals surface area contributed by atoms with Crippen LogP contribution in [0.15, 0.2) is 30.9 Å². The van der Waals surface area contributed by atoms with Gasteiger partial charge in [-0.05, 0) is 18.9 Å². The number of hydrogen-bond acceptors (Lipinski definition) is 6. The van der Waals surface area contributed by atoms with E-state index in [0.29, 0.717) is 11.9 Å². The van der Waals surface area contributed by atoms with Gasteiger partial charge in [0.1, 0.15) is 5.82 Å². The quantitative estimate of drug-likeness (QED) is 0.870. The summed E-state index contributed by atoms with van der Waals surface area (Å²) in [7, 11) is 0. The van der Waals surface area contributed by atoms with Crippen molar-refractivity contribution >= 4 is 11.8 Å². The summed E-state index contributed by atoms with van der Waals surface area (Å²) in [6.45, 7) is 1.91. The molecule has 2 N–H and O–H groups in total. The van der Waals surface area contributed by atoms with Crippen molar-refractivity contribution in [1.29, 1.82) is 0 Å². The van der Waals surface area contributed by atoms with E-state index in [1.807, 2.05) is 6.07 Å². The van der Waals surface area contributed by atoms with Crippen LogP contribution in [0.5, 0.6) is 0 Å². The first-order valence-corrected chi connectivity index (χ1v) is 6.42. The molecule has 19 heavy (non-hydrogen) atoms. The maximum Gasteiger partial charge on any atom is 0.220 e. The number of hydrogen-bond donors (Lipinski definition) is 1. The van der Waals surface area contributed by atoms with E-state index in [1.165, 1.54) is 0 Å². The summed E-state index contributed by atoms with van der Waals surface area (Å²) in [4.78, 5) is 19.0. The Balaban J connectivity index is 1.78. The fourth-order valence-corrected chi connectivity index (χ4v) is 2.50. The summed E-state index contributed by atoms with van der Waals surface area (Å²) in [6.07, 6.45) is 9.17. The second kappa shape index (κ2) is 5.17. The fourth-order valence-electron chi connectivity index (χ4n) is 2.50. The number of nitrogen functional groups attached to an aromatic ring is 1. The van der Waals surface area contributed by atoms with Gasteiger partial charge in [-0.2, -0.15) is 0 Å². The lowest BCUT2D eigenvalue weighted by molar-refractivity contribution is 0.498. The van der Waals surface area contributed by atoms with E-state index in [0.717, 1.165) is 37.4 Å². The average Bonchev–Trinajstić information content (AvgIpc) is 2.48. The van der Waals surface area contributed by atoms with Gasteiger partial charge >= 0.3 is 0 Å². The first-order valence-electron chi connectivity index (χ1n) is 6.42. The Kier molecular flexibility index (Phi) is 3.22. The smallest absolute Gasteiger partial charge is 0.220 e. The summed E-state index contributed by atoms with van der Waals surface area (Å²) in [5.74, 6) is 1.64. The molecule has 0 unspecified atom stereocenters. The molecular weight excluding hydrogens is 240 g/mol. The van der Waals surface area contributed by atoms with Crippen LogP contribution in [0.25, 0.3) is 0 Å². The van der Waals surface area contributed by atoms with Crippen LogP contribution in [-0.2, 0) is 0 Å². The minimum absolute atomic E-state index is 0.342. The van der Waals surface area contributed by atoms with Crippen LogP contribution in [0, 0.1) is 0 Å². The van der Waals surface area contributed by atoms with Gasteiger partial charge in [0.15, 0.2) is 0 Å². The second-order valence-corrected chi connectivity index (χ2v) is 4.69. The molecule has 0 radical (unpaired) electrons. The minimum Gasteiger partial charge on any atom is -0.368 e. The molecule has 1 atom stereocenters. The first-order chi connectivity index (χ1) is 9.33. The van der Waals surface area contributed by atoms with Crippen LogP contribution in [0.1, 0.15) is 24.5 Å². The zero-order valence-electron chi connectivity index (χ0n) is 10.6. The predicted octanol–water partition coefficient (Wildman–Crippen LogP) is 1.23. The molecule has 0 aliphatic carbocycles. The highest BCUT2D eigenvalue weighted by molar-refractivity contribution is 5.37. The third-order valence-corrected chi connectivity index (χ3v) is 3.41. The number of aromatic nitrogens is 4. The van der Waals surface area contributed by atoms with Crippen molar-refractivity contribution in [2.75, 3.05) is 23.7 Å². The van der Waals surface area contributed by atoms with Crippen molar-refractivity contribution in [3.63, 3.8) is 0 Å². The molecule has 1 fully saturated rings. The maximum atomic E-state index is 5.65. The molecule has 3 heterocycles. The molecule has 2 aromatic heterocycles. The molecule has 2 aromatic rings. The molecule has 1 saturated heterocycles. The molecule has 6 nitrogen and oxygen atoms in total. The Morgan fingerprint density at radius 2 is 2.16 bits per heavy atom. The molecule has 0 bridgehead atoms. The first kappa shape index (κ1) is 11.8. The van der Waals surface area contributed by atoms with Gasteiger partial charge in [-0.1, -0.05) is 0 Å². The predicted molar refractivity (Wildman–Crippen MR) is 72.7 cm³/mol. The van der Waals surface area contributed by atoms with E-state index in [1.54, 1.807) is 24.8 Å². The molecule has 6 heteroatoms. The molecule has 1 aliphatic rings. The lowest BCUT2D eigenvalue weighted by atomic mass is 9.94. The van der Waals surface area contributed by atoms with Crippen LogP contribution in [0.3, 0.4) is 0 Å². The van der Waals surface area contributed by atoms with Gasteiger partial charge in [-0.3, -0.25) is 4.98 Å². The molecular formula is C13H16N6. The van der Waals surface area contributed by atoms with E-state index in [-0.39, 0.29) is 0 Å². The number of anilines is 2. The zero-order chi connectivity index (χ0) is 13.1. The average molecular weight is 256 g/mol. The van der Waals surface area contributed by atoms with Crippen molar-refractivity contribution in [2.24, 2.45) is 0 Å². The van der Waals surface area contributed by atoms with E-state index in [4.69, 9.17) is 5.73 Å². The number of nitrogens with zero attached hydrogens (tertiary/aromatic N) is 5. The molecule has 0 spiro atoms. The molecule has 0 amide bonds. The van der Waals surface area contributed by atoms with Crippen LogP contribution in [-0.4, -0.2) is 33.0 Å². The van der Waals surface area contributed by atoms with Gasteiger partial charge in [0, 0.05) is 37.6 Å². The number of piperidine rings is 1. The van der Waals surface area contributed by atoms with Crippen LogP contribution < -0.4 is 10.6 Å². The van der Waals surface area contributed by atoms with E-state index >= 15 is 0 Å². The van der Waals surface area contributed by atoms with Crippen molar-refractivity contribution in [3.8, 4) is 0 Å². The van der Waals surface area contributed by atoms with Crippen molar-refractivity contribution in [3.05, 3.63) is 36.5 Å². The Morgan fingerprint density at radius 1 is 1.21 bits per heavy atom. The fraction of sp³-hybridized carbons (Fsp3) is 0.385. The third-order valence-electron chi connectivity index (χ3n) is 3.41. The number of nitrogens with two attached hydrogens (primary N) is 1. The van der Waals surface area contributed by atoms with Gasteiger partial charge in [0.2, 0.25) is 5.95 Å². The molecule has 98 valence electrons. The Labute approximate surface area is 111 Å². The second-order valence-electron chi connectivity index (χ2n) is 4.69. The third kappa shape index (κ3) is 2.62. The van der Waals surface area contributed by atoms with Crippen molar-refractivity contribution < 1.29 is 0 Å². The summed E-state index contributed by atoms with van der Waals surface area (Å²) in [6, 6.07) is 1.95. The van der Waals surface area contributed by atoms with Crippen molar-refractivity contribution in [1.82, 2.24) is 19.9 Å². The van der Waals surface area contributed by atoms with Gasteiger partial charge in [-0.25, -0.2) is 15.0 Å². The SMILES string of the molecule is Nc1nccc([C@H]2CCCN(c3cnccn3)C2)n1. The van der Waals surface area contributed by atoms with E-state index in [2.05, 4.69) is 24.8 Å². The molecule has 0 aromatic carbocycles. The highest BCUT2D eigenvalue weighted by Crippen LogP contribution is 2.27. The van der Waals surface area contributed by atoms with Gasteiger partial charge in [0.05, 0.1) is 11.9 Å². The van der Waals surface area contributed by atoms with E-state index < -0.39 is 0 Å². The Morgan fingerprint density at radius 3 is 2.95 bits per heavy atom. The van der Waals surface area contributed by atoms with Gasteiger partial charge in [-0.15, -0.1) is 0 Å². The van der Waals surface area contributed by atoms with Crippen LogP contribution in [0.4, 0.5) is 11.8 Å². The minimum atomic E-state index is 0.342. The van der Waals surface area contributed by atoms with Gasteiger partial charge < -0.3 is 10.6 Å². The van der Waals surface area contributed by atoms with Crippen molar-refractivity contribution in [2.45, 2.75) is 18.8 Å².